The number of nitrogens with zero attached hydrogens (tertiary/aromatic N) is 3. The van der Waals surface area contributed by atoms with Gasteiger partial charge < -0.3 is 10.5 Å². The number of halogens is 1. The second-order valence-corrected chi connectivity index (χ2v) is 5.65. The lowest BCUT2D eigenvalue weighted by Crippen LogP contribution is -2.13. The van der Waals surface area contributed by atoms with Crippen molar-refractivity contribution in [1.82, 2.24) is 15.2 Å². The molecule has 0 spiro atoms. The highest BCUT2D eigenvalue weighted by molar-refractivity contribution is 6.30. The molecular formula is C16H14ClN5O3. The fraction of sp³-hybridized carbons (Fsp3) is 0.125. The third-order valence-electron chi connectivity index (χ3n) is 3.46. The number of H-pyrrole nitrogens is 1. The monoisotopic (exact) mass is 359 g/mol. The summed E-state index contributed by atoms with van der Waals surface area (Å²) in [4.78, 5) is 14.6. The van der Waals surface area contributed by atoms with Crippen LogP contribution in [-0.2, 0) is 6.61 Å². The summed E-state index contributed by atoms with van der Waals surface area (Å²) in [6.45, 7) is 0.0848. The van der Waals surface area contributed by atoms with Crippen LogP contribution in [0.5, 0.6) is 5.75 Å². The van der Waals surface area contributed by atoms with Crippen molar-refractivity contribution in [2.45, 2.75) is 12.6 Å². The number of aromatic amines is 1. The number of nitro benzene ring substituents is 1. The maximum atomic E-state index is 10.8. The van der Waals surface area contributed by atoms with Gasteiger partial charge in [-0.25, -0.2) is 4.98 Å². The third-order valence-corrected chi connectivity index (χ3v) is 3.71. The zero-order valence-corrected chi connectivity index (χ0v) is 13.7. The Morgan fingerprint density at radius 3 is 2.76 bits per heavy atom. The van der Waals surface area contributed by atoms with Crippen molar-refractivity contribution in [3.05, 3.63) is 80.9 Å². The second kappa shape index (κ2) is 7.29. The van der Waals surface area contributed by atoms with Crippen LogP contribution >= 0.6 is 11.6 Å². The number of nitro groups is 1. The number of benzene rings is 2. The zero-order valence-electron chi connectivity index (χ0n) is 12.9. The first-order chi connectivity index (χ1) is 12.0. The van der Waals surface area contributed by atoms with Crippen molar-refractivity contribution >= 4 is 17.3 Å². The quantitative estimate of drug-likeness (QED) is 0.515. The molecule has 0 bridgehead atoms. The average molecular weight is 360 g/mol. The summed E-state index contributed by atoms with van der Waals surface area (Å²) in [5, 5.41) is 18.2. The van der Waals surface area contributed by atoms with Crippen molar-refractivity contribution in [3.8, 4) is 5.75 Å². The number of hydrogen-bond acceptors (Lipinski definition) is 6. The minimum Gasteiger partial charge on any atom is -0.485 e. The average Bonchev–Trinajstić information content (AvgIpc) is 3.09. The van der Waals surface area contributed by atoms with Crippen LogP contribution in [0.3, 0.4) is 0 Å². The van der Waals surface area contributed by atoms with E-state index in [-0.39, 0.29) is 12.3 Å². The second-order valence-electron chi connectivity index (χ2n) is 5.21. The Morgan fingerprint density at radius 2 is 2.04 bits per heavy atom. The Hall–Kier alpha value is -2.97. The molecule has 25 heavy (non-hydrogen) atoms. The number of ether oxygens (including phenoxy) is 1. The van der Waals surface area contributed by atoms with E-state index < -0.39 is 11.0 Å². The molecule has 0 amide bonds. The minimum absolute atomic E-state index is 0.0412. The molecule has 0 aliphatic rings. The molecule has 0 radical (unpaired) electrons. The lowest BCUT2D eigenvalue weighted by atomic mass is 10.1. The van der Waals surface area contributed by atoms with Crippen molar-refractivity contribution in [2.75, 3.05) is 0 Å². The number of nitrogens with two attached hydrogens (primary N) is 1. The predicted octanol–water partition coefficient (Wildman–Crippen LogP) is 2.99. The molecule has 3 rings (SSSR count). The molecule has 8 nitrogen and oxygen atoms in total. The summed E-state index contributed by atoms with van der Waals surface area (Å²) in [6, 6.07) is 12.5. The van der Waals surface area contributed by atoms with Crippen LogP contribution in [0.2, 0.25) is 5.02 Å². The van der Waals surface area contributed by atoms with E-state index in [0.717, 1.165) is 5.56 Å². The SMILES string of the molecule is N[C@@H](c1ccc(Cl)cc1)c1n[nH]c(COc2cccc([N+](=O)[O-])c2)n1. The molecule has 0 aliphatic heterocycles. The standard InChI is InChI=1S/C16H14ClN5O3/c17-11-6-4-10(5-7-11)15(18)16-19-14(20-21-16)9-25-13-3-1-2-12(8-13)22(23)24/h1-8,15H,9,18H2,(H,19,20,21)/t15-/m0/s1. The summed E-state index contributed by atoms with van der Waals surface area (Å²) in [5.74, 6) is 1.25. The van der Waals surface area contributed by atoms with Crippen LogP contribution < -0.4 is 10.5 Å². The van der Waals surface area contributed by atoms with Crippen LogP contribution in [0.25, 0.3) is 0 Å². The maximum Gasteiger partial charge on any atom is 0.273 e. The van der Waals surface area contributed by atoms with E-state index in [1.165, 1.54) is 12.1 Å². The van der Waals surface area contributed by atoms with Gasteiger partial charge in [0.15, 0.2) is 11.6 Å². The van der Waals surface area contributed by atoms with Gasteiger partial charge >= 0.3 is 0 Å². The molecule has 128 valence electrons. The molecule has 0 saturated heterocycles. The Morgan fingerprint density at radius 1 is 1.28 bits per heavy atom. The summed E-state index contributed by atoms with van der Waals surface area (Å²) in [6.07, 6.45) is 0. The first kappa shape index (κ1) is 16.9. The molecule has 0 saturated carbocycles. The Kier molecular flexibility index (Phi) is 4.92. The molecule has 2 aromatic carbocycles. The number of rotatable bonds is 6. The molecular weight excluding hydrogens is 346 g/mol. The highest BCUT2D eigenvalue weighted by Gasteiger charge is 2.15. The molecule has 3 aromatic rings. The Balaban J connectivity index is 1.66. The first-order valence-corrected chi connectivity index (χ1v) is 7.70. The third kappa shape index (κ3) is 4.11. The molecule has 0 unspecified atom stereocenters. The predicted molar refractivity (Wildman–Crippen MR) is 91.3 cm³/mol. The van der Waals surface area contributed by atoms with Gasteiger partial charge in [-0.15, -0.1) is 0 Å². The van der Waals surface area contributed by atoms with Crippen molar-refractivity contribution in [2.24, 2.45) is 5.73 Å². The number of non-ortho nitro benzene ring substituents is 1. The zero-order chi connectivity index (χ0) is 17.8. The van der Waals surface area contributed by atoms with E-state index >= 15 is 0 Å². The van der Waals surface area contributed by atoms with Gasteiger partial charge in [0.1, 0.15) is 12.4 Å². The molecule has 9 heteroatoms. The molecule has 1 heterocycles. The first-order valence-electron chi connectivity index (χ1n) is 7.32. The van der Waals surface area contributed by atoms with E-state index in [1.54, 1.807) is 24.3 Å². The minimum atomic E-state index is -0.500. The Bertz CT molecular complexity index is 881. The van der Waals surface area contributed by atoms with E-state index in [0.29, 0.717) is 22.4 Å². The number of aromatic nitrogens is 3. The van der Waals surface area contributed by atoms with Gasteiger partial charge in [0.05, 0.1) is 17.0 Å². The van der Waals surface area contributed by atoms with Crippen LogP contribution in [0.15, 0.2) is 48.5 Å². The smallest absolute Gasteiger partial charge is 0.273 e. The van der Waals surface area contributed by atoms with Crippen LogP contribution in [-0.4, -0.2) is 20.1 Å². The largest absolute Gasteiger partial charge is 0.485 e. The normalized spacial score (nSPS) is 11.9. The Labute approximate surface area is 147 Å². The van der Waals surface area contributed by atoms with Gasteiger partial charge in [0, 0.05) is 11.1 Å². The summed E-state index contributed by atoms with van der Waals surface area (Å²) < 4.78 is 5.50. The summed E-state index contributed by atoms with van der Waals surface area (Å²) in [5.41, 5.74) is 6.92. The van der Waals surface area contributed by atoms with E-state index in [1.807, 2.05) is 12.1 Å². The molecule has 0 aliphatic carbocycles. The fourth-order valence-corrected chi connectivity index (χ4v) is 2.30. The van der Waals surface area contributed by atoms with Crippen molar-refractivity contribution in [1.29, 1.82) is 0 Å². The van der Waals surface area contributed by atoms with Gasteiger partial charge in [-0.05, 0) is 23.8 Å². The molecule has 3 N–H and O–H groups in total. The molecule has 1 aromatic heterocycles. The lowest BCUT2D eigenvalue weighted by Gasteiger charge is -2.07. The van der Waals surface area contributed by atoms with E-state index in [9.17, 15) is 10.1 Å². The van der Waals surface area contributed by atoms with Gasteiger partial charge in [-0.2, -0.15) is 5.10 Å². The summed E-state index contributed by atoms with van der Waals surface area (Å²) in [7, 11) is 0. The number of hydrogen-bond donors (Lipinski definition) is 2. The van der Waals surface area contributed by atoms with Crippen LogP contribution in [0, 0.1) is 10.1 Å². The topological polar surface area (TPSA) is 120 Å². The maximum absolute atomic E-state index is 10.8. The van der Waals surface area contributed by atoms with E-state index in [4.69, 9.17) is 22.1 Å². The van der Waals surface area contributed by atoms with Crippen LogP contribution in [0.1, 0.15) is 23.3 Å². The van der Waals surface area contributed by atoms with E-state index in [2.05, 4.69) is 15.2 Å². The molecule has 1 atom stereocenters. The van der Waals surface area contributed by atoms with Gasteiger partial charge in [0.25, 0.3) is 5.69 Å². The highest BCUT2D eigenvalue weighted by atomic mass is 35.5. The van der Waals surface area contributed by atoms with Crippen molar-refractivity contribution < 1.29 is 9.66 Å². The van der Waals surface area contributed by atoms with Crippen LogP contribution in [0.4, 0.5) is 5.69 Å². The fourth-order valence-electron chi connectivity index (χ4n) is 2.17. The highest BCUT2D eigenvalue weighted by Crippen LogP contribution is 2.21. The van der Waals surface area contributed by atoms with Crippen molar-refractivity contribution in [3.63, 3.8) is 0 Å². The summed E-state index contributed by atoms with van der Waals surface area (Å²) >= 11 is 5.86. The molecule has 0 fully saturated rings. The van der Waals surface area contributed by atoms with Gasteiger partial charge in [-0.1, -0.05) is 29.8 Å². The number of nitrogens with one attached hydrogen (secondary N) is 1. The van der Waals surface area contributed by atoms with Gasteiger partial charge in [-0.3, -0.25) is 15.2 Å². The lowest BCUT2D eigenvalue weighted by molar-refractivity contribution is -0.384. The van der Waals surface area contributed by atoms with Gasteiger partial charge in [0.2, 0.25) is 0 Å².